The molecule has 0 rings (SSSR count). The third-order valence-electron chi connectivity index (χ3n) is 3.79. The number of rotatable bonds is 14. The minimum atomic E-state index is -1.29. The molecule has 6 heteroatoms. The molecule has 3 unspecified atom stereocenters. The Morgan fingerprint density at radius 3 is 1.76 bits per heavy atom. The summed E-state index contributed by atoms with van der Waals surface area (Å²) in [5.74, 6) is -0.361. The van der Waals surface area contributed by atoms with E-state index in [1.165, 1.54) is 45.4 Å². The first kappa shape index (κ1) is 26.5. The second-order valence-electron chi connectivity index (χ2n) is 6.38. The third kappa shape index (κ3) is 19.5. The van der Waals surface area contributed by atoms with Crippen LogP contribution in [0.15, 0.2) is 0 Å². The molecule has 0 aromatic heterocycles. The lowest BCUT2D eigenvalue weighted by molar-refractivity contribution is -0.151. The van der Waals surface area contributed by atoms with Gasteiger partial charge < -0.3 is 25.2 Å². The SMILES string of the molecule is CCCCCCCCCCCC(=O)OCC(O)C(O)C(C)O.CCO. The van der Waals surface area contributed by atoms with Crippen molar-refractivity contribution in [1.82, 2.24) is 0 Å². The molecule has 0 spiro atoms. The molecule has 0 aliphatic heterocycles. The molecule has 0 amide bonds. The Kier molecular flexibility index (Phi) is 20.8. The quantitative estimate of drug-likeness (QED) is 0.279. The van der Waals surface area contributed by atoms with E-state index < -0.39 is 18.3 Å². The van der Waals surface area contributed by atoms with Crippen LogP contribution in [0.2, 0.25) is 0 Å². The molecule has 6 nitrogen and oxygen atoms in total. The summed E-state index contributed by atoms with van der Waals surface area (Å²) in [6.45, 7) is 5.24. The number of ether oxygens (including phenoxy) is 1. The predicted octanol–water partition coefficient (Wildman–Crippen LogP) is 2.55. The maximum Gasteiger partial charge on any atom is 0.305 e. The monoisotopic (exact) mass is 364 g/mol. The van der Waals surface area contributed by atoms with E-state index >= 15 is 0 Å². The lowest BCUT2D eigenvalue weighted by Gasteiger charge is -2.19. The number of hydrogen-bond donors (Lipinski definition) is 4. The Balaban J connectivity index is 0. The molecule has 3 atom stereocenters. The predicted molar refractivity (Wildman–Crippen MR) is 99.3 cm³/mol. The standard InChI is InChI=1S/C17H34O5.C2H6O/c1-3-4-5-6-7-8-9-10-11-12-16(20)22-13-15(19)17(21)14(2)18;1-2-3/h14-15,17-19,21H,3-13H2,1-2H3;3H,2H2,1H3. The molecule has 152 valence electrons. The van der Waals surface area contributed by atoms with Crippen LogP contribution in [0.25, 0.3) is 0 Å². The number of aliphatic hydroxyl groups is 4. The highest BCUT2D eigenvalue weighted by Gasteiger charge is 2.22. The van der Waals surface area contributed by atoms with E-state index in [0.29, 0.717) is 6.42 Å². The first-order valence-electron chi connectivity index (χ1n) is 9.71. The normalized spacial score (nSPS) is 14.2. The molecule has 0 saturated heterocycles. The van der Waals surface area contributed by atoms with Crippen LogP contribution >= 0.6 is 0 Å². The molecular formula is C19H40O6. The van der Waals surface area contributed by atoms with Gasteiger partial charge in [-0.1, -0.05) is 58.3 Å². The van der Waals surface area contributed by atoms with E-state index in [2.05, 4.69) is 6.92 Å². The second-order valence-corrected chi connectivity index (χ2v) is 6.38. The summed E-state index contributed by atoms with van der Waals surface area (Å²) in [5, 5.41) is 35.5. The van der Waals surface area contributed by atoms with Crippen LogP contribution < -0.4 is 0 Å². The van der Waals surface area contributed by atoms with Gasteiger partial charge in [-0.25, -0.2) is 0 Å². The van der Waals surface area contributed by atoms with E-state index in [1.807, 2.05) is 0 Å². The van der Waals surface area contributed by atoms with E-state index in [4.69, 9.17) is 14.9 Å². The van der Waals surface area contributed by atoms with Gasteiger partial charge in [0.25, 0.3) is 0 Å². The smallest absolute Gasteiger partial charge is 0.305 e. The van der Waals surface area contributed by atoms with Crippen molar-refractivity contribution in [1.29, 1.82) is 0 Å². The molecule has 0 saturated carbocycles. The zero-order chi connectivity index (χ0) is 19.5. The fraction of sp³-hybridized carbons (Fsp3) is 0.947. The second kappa shape index (κ2) is 19.6. The topological polar surface area (TPSA) is 107 Å². The van der Waals surface area contributed by atoms with Crippen LogP contribution in [-0.4, -0.2) is 57.9 Å². The Bertz CT molecular complexity index is 283. The number of aliphatic hydroxyl groups excluding tert-OH is 4. The fourth-order valence-corrected chi connectivity index (χ4v) is 2.25. The third-order valence-corrected chi connectivity index (χ3v) is 3.79. The number of hydrogen-bond acceptors (Lipinski definition) is 6. The number of esters is 1. The first-order chi connectivity index (χ1) is 11.9. The fourth-order valence-electron chi connectivity index (χ4n) is 2.25. The summed E-state index contributed by atoms with van der Waals surface area (Å²) in [5.41, 5.74) is 0. The molecule has 0 heterocycles. The Hall–Kier alpha value is -0.690. The Labute approximate surface area is 153 Å². The van der Waals surface area contributed by atoms with E-state index in [0.717, 1.165) is 19.3 Å². The summed E-state index contributed by atoms with van der Waals surface area (Å²) in [4.78, 5) is 11.5. The highest BCUT2D eigenvalue weighted by molar-refractivity contribution is 5.69. The van der Waals surface area contributed by atoms with Crippen molar-refractivity contribution in [3.8, 4) is 0 Å². The molecule has 0 bridgehead atoms. The van der Waals surface area contributed by atoms with Gasteiger partial charge in [0.2, 0.25) is 0 Å². The van der Waals surface area contributed by atoms with Crippen molar-refractivity contribution in [2.24, 2.45) is 0 Å². The molecule has 25 heavy (non-hydrogen) atoms. The van der Waals surface area contributed by atoms with E-state index in [-0.39, 0.29) is 19.2 Å². The van der Waals surface area contributed by atoms with Crippen LogP contribution in [0.3, 0.4) is 0 Å². The lowest BCUT2D eigenvalue weighted by Crippen LogP contribution is -2.39. The van der Waals surface area contributed by atoms with Crippen molar-refractivity contribution < 1.29 is 30.0 Å². The summed E-state index contributed by atoms with van der Waals surface area (Å²) >= 11 is 0. The van der Waals surface area contributed by atoms with Gasteiger partial charge in [-0.2, -0.15) is 0 Å². The lowest BCUT2D eigenvalue weighted by atomic mass is 10.1. The number of carbonyl (C=O) groups excluding carboxylic acids is 1. The average molecular weight is 365 g/mol. The van der Waals surface area contributed by atoms with Gasteiger partial charge in [-0.3, -0.25) is 4.79 Å². The summed E-state index contributed by atoms with van der Waals surface area (Å²) < 4.78 is 4.89. The number of carbonyl (C=O) groups is 1. The molecule has 0 aliphatic carbocycles. The molecule has 0 aromatic carbocycles. The highest BCUT2D eigenvalue weighted by Crippen LogP contribution is 2.11. The minimum Gasteiger partial charge on any atom is -0.463 e. The van der Waals surface area contributed by atoms with Crippen LogP contribution in [-0.2, 0) is 9.53 Å². The van der Waals surface area contributed by atoms with Crippen LogP contribution in [0.4, 0.5) is 0 Å². The Morgan fingerprint density at radius 1 is 0.880 bits per heavy atom. The van der Waals surface area contributed by atoms with Crippen molar-refractivity contribution in [2.75, 3.05) is 13.2 Å². The van der Waals surface area contributed by atoms with Crippen LogP contribution in [0, 0.1) is 0 Å². The molecular weight excluding hydrogens is 324 g/mol. The van der Waals surface area contributed by atoms with Gasteiger partial charge in [0.15, 0.2) is 0 Å². The molecule has 0 aromatic rings. The molecule has 0 aliphatic rings. The minimum absolute atomic E-state index is 0.250. The van der Waals surface area contributed by atoms with Crippen molar-refractivity contribution >= 4 is 5.97 Å². The molecule has 0 radical (unpaired) electrons. The summed E-state index contributed by atoms with van der Waals surface area (Å²) in [7, 11) is 0. The van der Waals surface area contributed by atoms with Crippen LogP contribution in [0.5, 0.6) is 0 Å². The van der Waals surface area contributed by atoms with Gasteiger partial charge in [0.05, 0.1) is 6.10 Å². The largest absolute Gasteiger partial charge is 0.463 e. The van der Waals surface area contributed by atoms with E-state index in [1.54, 1.807) is 6.92 Å². The number of unbranched alkanes of at least 4 members (excludes halogenated alkanes) is 8. The zero-order valence-electron chi connectivity index (χ0n) is 16.3. The first-order valence-corrected chi connectivity index (χ1v) is 9.71. The highest BCUT2D eigenvalue weighted by atomic mass is 16.5. The van der Waals surface area contributed by atoms with Gasteiger partial charge in [-0.05, 0) is 20.3 Å². The van der Waals surface area contributed by atoms with Gasteiger partial charge in [0, 0.05) is 13.0 Å². The van der Waals surface area contributed by atoms with Gasteiger partial charge in [-0.15, -0.1) is 0 Å². The average Bonchev–Trinajstić information content (AvgIpc) is 2.58. The summed E-state index contributed by atoms with van der Waals surface area (Å²) in [6.07, 6.45) is 7.42. The van der Waals surface area contributed by atoms with Crippen molar-refractivity contribution in [3.63, 3.8) is 0 Å². The molecule has 0 fully saturated rings. The maximum absolute atomic E-state index is 11.5. The van der Waals surface area contributed by atoms with Gasteiger partial charge in [0.1, 0.15) is 18.8 Å². The zero-order valence-corrected chi connectivity index (χ0v) is 16.3. The van der Waals surface area contributed by atoms with Gasteiger partial charge >= 0.3 is 5.97 Å². The Morgan fingerprint density at radius 2 is 1.32 bits per heavy atom. The maximum atomic E-state index is 11.5. The van der Waals surface area contributed by atoms with E-state index in [9.17, 15) is 15.0 Å². The summed E-state index contributed by atoms with van der Waals surface area (Å²) in [6, 6.07) is 0. The van der Waals surface area contributed by atoms with Crippen molar-refractivity contribution in [3.05, 3.63) is 0 Å². The van der Waals surface area contributed by atoms with Crippen molar-refractivity contribution in [2.45, 2.75) is 103 Å². The van der Waals surface area contributed by atoms with Crippen LogP contribution in [0.1, 0.15) is 85.0 Å². The molecule has 4 N–H and O–H groups in total.